The van der Waals surface area contributed by atoms with Gasteiger partial charge in [-0.3, -0.25) is 4.79 Å². The molecule has 1 rings (SSSR count). The fourth-order valence-corrected chi connectivity index (χ4v) is 2.16. The number of alkyl halides is 1. The minimum atomic E-state index is -0.914. The lowest BCUT2D eigenvalue weighted by atomic mass is 9.84. The van der Waals surface area contributed by atoms with Crippen LogP contribution in [0.25, 0.3) is 0 Å². The fourth-order valence-electron chi connectivity index (χ4n) is 2.16. The van der Waals surface area contributed by atoms with Gasteiger partial charge in [0.25, 0.3) is 0 Å². The third kappa shape index (κ3) is 3.16. The van der Waals surface area contributed by atoms with E-state index in [2.05, 4.69) is 0 Å². The minimum absolute atomic E-state index is 0.0457. The van der Waals surface area contributed by atoms with E-state index in [0.717, 1.165) is 12.8 Å². The quantitative estimate of drug-likeness (QED) is 0.673. The van der Waals surface area contributed by atoms with E-state index in [4.69, 9.17) is 4.74 Å². The highest BCUT2D eigenvalue weighted by molar-refractivity contribution is 5.72. The summed E-state index contributed by atoms with van der Waals surface area (Å²) in [5, 5.41) is 0. The van der Waals surface area contributed by atoms with Crippen molar-refractivity contribution in [2.75, 3.05) is 20.7 Å². The Morgan fingerprint density at radius 3 is 2.60 bits per heavy atom. The van der Waals surface area contributed by atoms with E-state index in [1.54, 1.807) is 6.92 Å². The molecule has 1 aliphatic carbocycles. The summed E-state index contributed by atoms with van der Waals surface area (Å²) in [6.07, 6.45) is 0.865. The zero-order valence-electron chi connectivity index (χ0n) is 9.70. The Hall–Kier alpha value is -0.640. The van der Waals surface area contributed by atoms with E-state index < -0.39 is 6.17 Å². The van der Waals surface area contributed by atoms with Crippen LogP contribution in [-0.4, -0.2) is 43.8 Å². The zero-order valence-corrected chi connectivity index (χ0v) is 9.70. The molecule has 1 aliphatic rings. The maximum Gasteiger partial charge on any atom is 0.309 e. The third-order valence-corrected chi connectivity index (χ3v) is 3.02. The molecular formula is C11H20FNO2. The van der Waals surface area contributed by atoms with Gasteiger partial charge < -0.3 is 9.64 Å². The van der Waals surface area contributed by atoms with Crippen LogP contribution >= 0.6 is 0 Å². The monoisotopic (exact) mass is 217 g/mol. The van der Waals surface area contributed by atoms with E-state index in [1.165, 1.54) is 0 Å². The molecule has 0 saturated heterocycles. The number of esters is 1. The summed E-state index contributed by atoms with van der Waals surface area (Å²) in [7, 11) is 3.75. The Morgan fingerprint density at radius 1 is 1.47 bits per heavy atom. The second-order valence-electron chi connectivity index (χ2n) is 4.31. The summed E-state index contributed by atoms with van der Waals surface area (Å²) < 4.78 is 18.6. The standard InChI is InChI=1S/C11H20FNO2/c1-4-15-11(14)8-5-6-10(13(2)3)9(12)7-8/h8-10H,4-7H2,1-3H3. The van der Waals surface area contributed by atoms with E-state index in [0.29, 0.717) is 13.0 Å². The summed E-state index contributed by atoms with van der Waals surface area (Å²) in [6.45, 7) is 2.15. The number of rotatable bonds is 3. The van der Waals surface area contributed by atoms with Crippen molar-refractivity contribution in [3.05, 3.63) is 0 Å². The highest BCUT2D eigenvalue weighted by Crippen LogP contribution is 2.29. The predicted octanol–water partition coefficient (Wildman–Crippen LogP) is 1.62. The van der Waals surface area contributed by atoms with Gasteiger partial charge in [-0.2, -0.15) is 0 Å². The number of carbonyl (C=O) groups is 1. The minimum Gasteiger partial charge on any atom is -0.466 e. The van der Waals surface area contributed by atoms with Crippen LogP contribution in [0.3, 0.4) is 0 Å². The molecule has 0 spiro atoms. The predicted molar refractivity (Wildman–Crippen MR) is 56.3 cm³/mol. The normalized spacial score (nSPS) is 31.7. The summed E-state index contributed by atoms with van der Waals surface area (Å²) in [5.41, 5.74) is 0. The molecule has 0 amide bonds. The van der Waals surface area contributed by atoms with Gasteiger partial charge in [-0.05, 0) is 40.3 Å². The third-order valence-electron chi connectivity index (χ3n) is 3.02. The summed E-state index contributed by atoms with van der Waals surface area (Å²) in [6, 6.07) is -0.0457. The number of nitrogens with zero attached hydrogens (tertiary/aromatic N) is 1. The van der Waals surface area contributed by atoms with Gasteiger partial charge in [0.1, 0.15) is 6.17 Å². The van der Waals surface area contributed by atoms with Gasteiger partial charge in [0.05, 0.1) is 12.5 Å². The van der Waals surface area contributed by atoms with Crippen LogP contribution in [0.15, 0.2) is 0 Å². The Bertz CT molecular complexity index is 221. The molecule has 1 saturated carbocycles. The van der Waals surface area contributed by atoms with Crippen LogP contribution < -0.4 is 0 Å². The van der Waals surface area contributed by atoms with Crippen molar-refractivity contribution in [2.45, 2.75) is 38.4 Å². The molecular weight excluding hydrogens is 197 g/mol. The first-order valence-electron chi connectivity index (χ1n) is 5.53. The number of halogens is 1. The average Bonchev–Trinajstić information content (AvgIpc) is 2.17. The highest BCUT2D eigenvalue weighted by atomic mass is 19.1. The molecule has 0 bridgehead atoms. The van der Waals surface area contributed by atoms with E-state index in [1.807, 2.05) is 19.0 Å². The van der Waals surface area contributed by atoms with Crippen molar-refractivity contribution < 1.29 is 13.9 Å². The molecule has 0 N–H and O–H groups in total. The molecule has 0 aromatic rings. The highest BCUT2D eigenvalue weighted by Gasteiger charge is 2.35. The van der Waals surface area contributed by atoms with Crippen molar-refractivity contribution in [3.63, 3.8) is 0 Å². The first kappa shape index (κ1) is 12.4. The first-order chi connectivity index (χ1) is 7.06. The molecule has 3 unspecified atom stereocenters. The Labute approximate surface area is 90.6 Å². The Balaban J connectivity index is 2.47. The van der Waals surface area contributed by atoms with Crippen LogP contribution in [-0.2, 0) is 9.53 Å². The molecule has 3 nitrogen and oxygen atoms in total. The maximum atomic E-state index is 13.7. The van der Waals surface area contributed by atoms with Crippen LogP contribution in [0.5, 0.6) is 0 Å². The molecule has 0 aromatic carbocycles. The maximum absolute atomic E-state index is 13.7. The van der Waals surface area contributed by atoms with Crippen LogP contribution in [0.4, 0.5) is 4.39 Å². The van der Waals surface area contributed by atoms with Gasteiger partial charge >= 0.3 is 5.97 Å². The topological polar surface area (TPSA) is 29.5 Å². The van der Waals surface area contributed by atoms with Crippen LogP contribution in [0.2, 0.25) is 0 Å². The second kappa shape index (κ2) is 5.45. The lowest BCUT2D eigenvalue weighted by molar-refractivity contribution is -0.150. The molecule has 3 atom stereocenters. The zero-order chi connectivity index (χ0) is 11.4. The Morgan fingerprint density at radius 2 is 2.13 bits per heavy atom. The van der Waals surface area contributed by atoms with Crippen LogP contribution in [0, 0.1) is 5.92 Å². The van der Waals surface area contributed by atoms with Crippen LogP contribution in [0.1, 0.15) is 26.2 Å². The van der Waals surface area contributed by atoms with E-state index >= 15 is 0 Å². The molecule has 15 heavy (non-hydrogen) atoms. The molecule has 4 heteroatoms. The van der Waals surface area contributed by atoms with Gasteiger partial charge in [-0.15, -0.1) is 0 Å². The molecule has 1 fully saturated rings. The molecule has 0 aliphatic heterocycles. The largest absolute Gasteiger partial charge is 0.466 e. The van der Waals surface area contributed by atoms with Crippen molar-refractivity contribution in [1.82, 2.24) is 4.90 Å². The van der Waals surface area contributed by atoms with E-state index in [9.17, 15) is 9.18 Å². The lowest BCUT2D eigenvalue weighted by Crippen LogP contribution is -2.42. The number of carbonyl (C=O) groups excluding carboxylic acids is 1. The average molecular weight is 217 g/mol. The summed E-state index contributed by atoms with van der Waals surface area (Å²) >= 11 is 0. The molecule has 0 aromatic heterocycles. The van der Waals surface area contributed by atoms with Crippen molar-refractivity contribution in [2.24, 2.45) is 5.92 Å². The van der Waals surface area contributed by atoms with Crippen molar-refractivity contribution in [1.29, 1.82) is 0 Å². The fraction of sp³-hybridized carbons (Fsp3) is 0.909. The van der Waals surface area contributed by atoms with Gasteiger partial charge in [0, 0.05) is 6.04 Å². The molecule has 0 radical (unpaired) electrons. The van der Waals surface area contributed by atoms with Gasteiger partial charge in [0.15, 0.2) is 0 Å². The second-order valence-corrected chi connectivity index (χ2v) is 4.31. The molecule has 88 valence electrons. The van der Waals surface area contributed by atoms with Crippen molar-refractivity contribution >= 4 is 5.97 Å². The lowest BCUT2D eigenvalue weighted by Gasteiger charge is -2.34. The Kier molecular flexibility index (Phi) is 4.51. The number of hydrogen-bond donors (Lipinski definition) is 0. The van der Waals surface area contributed by atoms with Gasteiger partial charge in [-0.25, -0.2) is 4.39 Å². The van der Waals surface area contributed by atoms with Gasteiger partial charge in [-0.1, -0.05) is 0 Å². The van der Waals surface area contributed by atoms with Gasteiger partial charge in [0.2, 0.25) is 0 Å². The smallest absolute Gasteiger partial charge is 0.309 e. The molecule has 0 heterocycles. The summed E-state index contributed by atoms with van der Waals surface area (Å²) in [4.78, 5) is 13.3. The first-order valence-corrected chi connectivity index (χ1v) is 5.53. The SMILES string of the molecule is CCOC(=O)C1CCC(N(C)C)C(F)C1. The number of ether oxygens (including phenoxy) is 1. The summed E-state index contributed by atoms with van der Waals surface area (Å²) in [5.74, 6) is -0.478. The number of hydrogen-bond acceptors (Lipinski definition) is 3. The van der Waals surface area contributed by atoms with Crippen molar-refractivity contribution in [3.8, 4) is 0 Å². The van der Waals surface area contributed by atoms with E-state index in [-0.39, 0.29) is 17.9 Å².